The van der Waals surface area contributed by atoms with E-state index in [2.05, 4.69) is 41.5 Å². The summed E-state index contributed by atoms with van der Waals surface area (Å²) in [6.45, 7) is 6.13. The standard InChI is InChI=1S/C18H19N3O/c1-12-4-8-15(9-5-12)18-21-20-17(22-18)14(3)19-16-10-6-13(2)7-11-16/h4-11,14,19H,1-3H3. The van der Waals surface area contributed by atoms with E-state index < -0.39 is 0 Å². The highest BCUT2D eigenvalue weighted by molar-refractivity contribution is 5.53. The van der Waals surface area contributed by atoms with E-state index in [-0.39, 0.29) is 6.04 Å². The van der Waals surface area contributed by atoms with Crippen molar-refractivity contribution in [1.29, 1.82) is 0 Å². The summed E-state index contributed by atoms with van der Waals surface area (Å²) < 4.78 is 5.78. The average Bonchev–Trinajstić information content (AvgIpc) is 3.00. The zero-order valence-electron chi connectivity index (χ0n) is 13.0. The third kappa shape index (κ3) is 3.17. The molecule has 1 atom stereocenters. The minimum atomic E-state index is -0.0468. The van der Waals surface area contributed by atoms with Crippen molar-refractivity contribution in [2.75, 3.05) is 5.32 Å². The van der Waals surface area contributed by atoms with Crippen LogP contribution in [0.4, 0.5) is 5.69 Å². The fourth-order valence-electron chi connectivity index (χ4n) is 2.18. The van der Waals surface area contributed by atoms with Gasteiger partial charge >= 0.3 is 0 Å². The maximum absolute atomic E-state index is 5.78. The van der Waals surface area contributed by atoms with Crippen molar-refractivity contribution in [2.45, 2.75) is 26.8 Å². The van der Waals surface area contributed by atoms with Crippen LogP contribution in [0, 0.1) is 13.8 Å². The molecule has 0 bridgehead atoms. The van der Waals surface area contributed by atoms with E-state index >= 15 is 0 Å². The summed E-state index contributed by atoms with van der Waals surface area (Å²) in [6, 6.07) is 16.2. The molecular weight excluding hydrogens is 274 g/mol. The van der Waals surface area contributed by atoms with Crippen LogP contribution in [-0.2, 0) is 0 Å². The summed E-state index contributed by atoms with van der Waals surface area (Å²) in [5.74, 6) is 1.13. The summed E-state index contributed by atoms with van der Waals surface area (Å²) in [6.07, 6.45) is 0. The zero-order valence-corrected chi connectivity index (χ0v) is 13.0. The maximum atomic E-state index is 5.78. The summed E-state index contributed by atoms with van der Waals surface area (Å²) in [5, 5.41) is 11.6. The summed E-state index contributed by atoms with van der Waals surface area (Å²) >= 11 is 0. The molecule has 4 nitrogen and oxygen atoms in total. The van der Waals surface area contributed by atoms with E-state index in [4.69, 9.17) is 4.42 Å². The molecule has 1 heterocycles. The Labute approximate surface area is 130 Å². The summed E-state index contributed by atoms with van der Waals surface area (Å²) in [7, 11) is 0. The smallest absolute Gasteiger partial charge is 0.247 e. The fraction of sp³-hybridized carbons (Fsp3) is 0.222. The Kier molecular flexibility index (Phi) is 3.92. The molecule has 0 amide bonds. The number of aromatic nitrogens is 2. The van der Waals surface area contributed by atoms with Gasteiger partial charge in [0.1, 0.15) is 6.04 Å². The molecule has 0 radical (unpaired) electrons. The van der Waals surface area contributed by atoms with Gasteiger partial charge in [0.2, 0.25) is 11.8 Å². The molecule has 4 heteroatoms. The van der Waals surface area contributed by atoms with Gasteiger partial charge in [-0.3, -0.25) is 0 Å². The van der Waals surface area contributed by atoms with Crippen molar-refractivity contribution in [3.63, 3.8) is 0 Å². The highest BCUT2D eigenvalue weighted by Gasteiger charge is 2.14. The molecule has 1 aromatic heterocycles. The molecule has 22 heavy (non-hydrogen) atoms. The van der Waals surface area contributed by atoms with Crippen molar-refractivity contribution >= 4 is 5.69 Å². The van der Waals surface area contributed by atoms with Gasteiger partial charge in [0.25, 0.3) is 0 Å². The predicted octanol–water partition coefficient (Wildman–Crippen LogP) is 4.53. The minimum Gasteiger partial charge on any atom is -0.418 e. The Morgan fingerprint density at radius 1 is 0.864 bits per heavy atom. The van der Waals surface area contributed by atoms with Gasteiger partial charge in [-0.25, -0.2) is 0 Å². The number of rotatable bonds is 4. The Bertz CT molecular complexity index is 745. The molecule has 0 saturated carbocycles. The minimum absolute atomic E-state index is 0.0468. The number of hydrogen-bond donors (Lipinski definition) is 1. The van der Waals surface area contributed by atoms with Gasteiger partial charge < -0.3 is 9.73 Å². The number of anilines is 1. The normalized spacial score (nSPS) is 12.1. The van der Waals surface area contributed by atoms with Gasteiger partial charge in [-0.05, 0) is 45.0 Å². The first kappa shape index (κ1) is 14.3. The average molecular weight is 293 g/mol. The molecule has 0 aliphatic heterocycles. The lowest BCUT2D eigenvalue weighted by Gasteiger charge is -2.11. The van der Waals surface area contributed by atoms with Gasteiger partial charge in [0.05, 0.1) is 0 Å². The van der Waals surface area contributed by atoms with Gasteiger partial charge in [0, 0.05) is 11.3 Å². The van der Waals surface area contributed by atoms with Crippen LogP contribution in [0.2, 0.25) is 0 Å². The van der Waals surface area contributed by atoms with Crippen molar-refractivity contribution in [1.82, 2.24) is 10.2 Å². The first-order chi connectivity index (χ1) is 10.6. The predicted molar refractivity (Wildman–Crippen MR) is 87.7 cm³/mol. The van der Waals surface area contributed by atoms with E-state index in [1.165, 1.54) is 11.1 Å². The molecule has 3 aromatic rings. The van der Waals surface area contributed by atoms with Crippen molar-refractivity contribution in [3.8, 4) is 11.5 Å². The van der Waals surface area contributed by atoms with Gasteiger partial charge in [-0.1, -0.05) is 35.4 Å². The molecule has 1 N–H and O–H groups in total. The van der Waals surface area contributed by atoms with E-state index in [0.29, 0.717) is 11.8 Å². The highest BCUT2D eigenvalue weighted by Crippen LogP contribution is 2.23. The maximum Gasteiger partial charge on any atom is 0.247 e. The molecule has 0 fully saturated rings. The summed E-state index contributed by atoms with van der Waals surface area (Å²) in [5.41, 5.74) is 4.41. The van der Waals surface area contributed by atoms with E-state index in [1.807, 2.05) is 43.3 Å². The van der Waals surface area contributed by atoms with Crippen LogP contribution in [-0.4, -0.2) is 10.2 Å². The van der Waals surface area contributed by atoms with Crippen LogP contribution < -0.4 is 5.32 Å². The topological polar surface area (TPSA) is 51.0 Å². The lowest BCUT2D eigenvalue weighted by Crippen LogP contribution is -2.06. The molecule has 1 unspecified atom stereocenters. The lowest BCUT2D eigenvalue weighted by molar-refractivity contribution is 0.485. The second-order valence-corrected chi connectivity index (χ2v) is 5.54. The SMILES string of the molecule is Cc1ccc(NC(C)c2nnc(-c3ccc(C)cc3)o2)cc1. The molecule has 0 saturated heterocycles. The Hall–Kier alpha value is -2.62. The molecular formula is C18H19N3O. The van der Waals surface area contributed by atoms with Crippen molar-refractivity contribution in [2.24, 2.45) is 0 Å². The highest BCUT2D eigenvalue weighted by atomic mass is 16.4. The lowest BCUT2D eigenvalue weighted by atomic mass is 10.1. The first-order valence-corrected chi connectivity index (χ1v) is 7.35. The van der Waals surface area contributed by atoms with E-state index in [9.17, 15) is 0 Å². The van der Waals surface area contributed by atoms with Crippen LogP contribution in [0.15, 0.2) is 52.9 Å². The van der Waals surface area contributed by atoms with Crippen LogP contribution in [0.25, 0.3) is 11.5 Å². The Morgan fingerprint density at radius 2 is 1.45 bits per heavy atom. The number of benzene rings is 2. The monoisotopic (exact) mass is 293 g/mol. The Morgan fingerprint density at radius 3 is 2.09 bits per heavy atom. The van der Waals surface area contributed by atoms with Gasteiger partial charge in [-0.15, -0.1) is 10.2 Å². The van der Waals surface area contributed by atoms with Gasteiger partial charge in [0.15, 0.2) is 0 Å². The third-order valence-corrected chi connectivity index (χ3v) is 3.54. The van der Waals surface area contributed by atoms with Crippen LogP contribution in [0.1, 0.15) is 30.0 Å². The van der Waals surface area contributed by atoms with Crippen LogP contribution in [0.5, 0.6) is 0 Å². The largest absolute Gasteiger partial charge is 0.418 e. The summed E-state index contributed by atoms with van der Waals surface area (Å²) in [4.78, 5) is 0. The first-order valence-electron chi connectivity index (χ1n) is 7.35. The van der Waals surface area contributed by atoms with Crippen molar-refractivity contribution < 1.29 is 4.42 Å². The van der Waals surface area contributed by atoms with Crippen LogP contribution >= 0.6 is 0 Å². The molecule has 112 valence electrons. The number of aryl methyl sites for hydroxylation is 2. The van der Waals surface area contributed by atoms with Crippen molar-refractivity contribution in [3.05, 3.63) is 65.5 Å². The zero-order chi connectivity index (χ0) is 15.5. The van der Waals surface area contributed by atoms with Gasteiger partial charge in [-0.2, -0.15) is 0 Å². The van der Waals surface area contributed by atoms with E-state index in [0.717, 1.165) is 11.3 Å². The third-order valence-electron chi connectivity index (χ3n) is 3.54. The second kappa shape index (κ2) is 6.02. The van der Waals surface area contributed by atoms with E-state index in [1.54, 1.807) is 0 Å². The molecule has 2 aromatic carbocycles. The van der Waals surface area contributed by atoms with Crippen LogP contribution in [0.3, 0.4) is 0 Å². The molecule has 0 aliphatic carbocycles. The fourth-order valence-corrected chi connectivity index (χ4v) is 2.18. The second-order valence-electron chi connectivity index (χ2n) is 5.54. The molecule has 3 rings (SSSR count). The Balaban J connectivity index is 1.75. The quantitative estimate of drug-likeness (QED) is 0.768. The molecule has 0 aliphatic rings. The number of hydrogen-bond acceptors (Lipinski definition) is 4. The number of nitrogens with one attached hydrogen (secondary N) is 1. The molecule has 0 spiro atoms. The number of nitrogens with zero attached hydrogens (tertiary/aromatic N) is 2.